The van der Waals surface area contributed by atoms with Gasteiger partial charge in [-0.3, -0.25) is 9.69 Å². The van der Waals surface area contributed by atoms with Gasteiger partial charge >= 0.3 is 0 Å². The Hall–Kier alpha value is -2.64. The normalized spacial score (nSPS) is 16.3. The van der Waals surface area contributed by atoms with Crippen LogP contribution in [-0.4, -0.2) is 43.3 Å². The predicted molar refractivity (Wildman–Crippen MR) is 127 cm³/mol. The number of aliphatic imine (C=N–C) groups is 1. The molecule has 1 fully saturated rings. The summed E-state index contributed by atoms with van der Waals surface area (Å²) in [7, 11) is 3.11. The second-order valence-corrected chi connectivity index (χ2v) is 8.03. The summed E-state index contributed by atoms with van der Waals surface area (Å²) in [5, 5.41) is 1.11. The van der Waals surface area contributed by atoms with Crippen molar-refractivity contribution in [3.05, 3.63) is 51.9 Å². The third kappa shape index (κ3) is 5.35. The maximum atomic E-state index is 13.1. The number of hydrogen-bond donors (Lipinski definition) is 0. The van der Waals surface area contributed by atoms with E-state index in [1.165, 1.54) is 11.8 Å². The lowest BCUT2D eigenvalue weighted by Crippen LogP contribution is -2.29. The van der Waals surface area contributed by atoms with Gasteiger partial charge in [0.15, 0.2) is 16.7 Å². The highest BCUT2D eigenvalue weighted by atomic mass is 35.5. The maximum absolute atomic E-state index is 13.1. The Labute approximate surface area is 191 Å². The van der Waals surface area contributed by atoms with Gasteiger partial charge in [0.1, 0.15) is 5.75 Å². The zero-order valence-electron chi connectivity index (χ0n) is 18.0. The van der Waals surface area contributed by atoms with E-state index in [-0.39, 0.29) is 5.91 Å². The standard InChI is InChI=1S/C23H25ClN2O4S/c1-5-11-26-22(27)21(13-15-12-19(28-3)20(29-4)14-18(15)24)31-23(26)25-16-7-9-17(10-8-16)30-6-2/h7-10,12-14H,5-6,11H2,1-4H3/b21-13-,25-23?. The van der Waals surface area contributed by atoms with Gasteiger partial charge in [-0.05, 0) is 67.1 Å². The van der Waals surface area contributed by atoms with E-state index in [1.54, 1.807) is 37.3 Å². The van der Waals surface area contributed by atoms with Gasteiger partial charge in [0.05, 0.1) is 36.4 Å². The Bertz CT molecular complexity index is 1010. The summed E-state index contributed by atoms with van der Waals surface area (Å²) < 4.78 is 16.1. The van der Waals surface area contributed by atoms with Gasteiger partial charge in [0, 0.05) is 12.6 Å². The number of carbonyl (C=O) groups excluding carboxylic acids is 1. The molecule has 1 saturated heterocycles. The first kappa shape index (κ1) is 23.0. The molecule has 3 rings (SSSR count). The third-order valence-electron chi connectivity index (χ3n) is 4.50. The molecule has 0 aliphatic carbocycles. The number of rotatable bonds is 8. The first-order valence-corrected chi connectivity index (χ1v) is 11.1. The van der Waals surface area contributed by atoms with E-state index in [1.807, 2.05) is 38.1 Å². The molecule has 0 atom stereocenters. The van der Waals surface area contributed by atoms with E-state index in [0.717, 1.165) is 17.9 Å². The fourth-order valence-corrected chi connectivity index (χ4v) is 4.25. The number of hydrogen-bond acceptors (Lipinski definition) is 6. The summed E-state index contributed by atoms with van der Waals surface area (Å²) in [6, 6.07) is 10.9. The van der Waals surface area contributed by atoms with Crippen LogP contribution in [0.5, 0.6) is 17.2 Å². The quantitative estimate of drug-likeness (QED) is 0.468. The lowest BCUT2D eigenvalue weighted by molar-refractivity contribution is -0.122. The Balaban J connectivity index is 1.94. The van der Waals surface area contributed by atoms with E-state index in [2.05, 4.69) is 0 Å². The molecule has 0 aromatic heterocycles. The lowest BCUT2D eigenvalue weighted by Gasteiger charge is -2.14. The number of amidine groups is 1. The Kier molecular flexibility index (Phi) is 7.87. The minimum atomic E-state index is -0.0950. The van der Waals surface area contributed by atoms with Crippen LogP contribution in [0, 0.1) is 0 Å². The summed E-state index contributed by atoms with van der Waals surface area (Å²) in [5.41, 5.74) is 1.43. The zero-order valence-corrected chi connectivity index (χ0v) is 19.5. The highest BCUT2D eigenvalue weighted by Crippen LogP contribution is 2.38. The van der Waals surface area contributed by atoms with Crippen LogP contribution in [0.3, 0.4) is 0 Å². The number of methoxy groups -OCH3 is 2. The van der Waals surface area contributed by atoms with Crippen molar-refractivity contribution in [2.45, 2.75) is 20.3 Å². The Morgan fingerprint density at radius 1 is 1.10 bits per heavy atom. The second kappa shape index (κ2) is 10.6. The first-order chi connectivity index (χ1) is 15.0. The smallest absolute Gasteiger partial charge is 0.266 e. The molecule has 0 spiro atoms. The van der Waals surface area contributed by atoms with Crippen LogP contribution in [0.2, 0.25) is 5.02 Å². The second-order valence-electron chi connectivity index (χ2n) is 6.62. The number of nitrogens with zero attached hydrogens (tertiary/aromatic N) is 2. The molecule has 1 aliphatic rings. The van der Waals surface area contributed by atoms with Crippen molar-refractivity contribution < 1.29 is 19.0 Å². The number of amides is 1. The molecule has 31 heavy (non-hydrogen) atoms. The number of thioether (sulfide) groups is 1. The molecule has 0 unspecified atom stereocenters. The summed E-state index contributed by atoms with van der Waals surface area (Å²) in [6.45, 7) is 5.16. The van der Waals surface area contributed by atoms with Gasteiger partial charge in [0.25, 0.3) is 5.91 Å². The van der Waals surface area contributed by atoms with Crippen LogP contribution in [-0.2, 0) is 4.79 Å². The summed E-state index contributed by atoms with van der Waals surface area (Å²) in [4.78, 5) is 20.0. The molecule has 6 nitrogen and oxygen atoms in total. The fraction of sp³-hybridized carbons (Fsp3) is 0.304. The molecule has 164 valence electrons. The van der Waals surface area contributed by atoms with Crippen molar-refractivity contribution in [3.8, 4) is 17.2 Å². The van der Waals surface area contributed by atoms with Crippen molar-refractivity contribution in [1.29, 1.82) is 0 Å². The van der Waals surface area contributed by atoms with Crippen molar-refractivity contribution in [2.24, 2.45) is 4.99 Å². The van der Waals surface area contributed by atoms with Crippen LogP contribution in [0.4, 0.5) is 5.69 Å². The van der Waals surface area contributed by atoms with E-state index >= 15 is 0 Å². The monoisotopic (exact) mass is 460 g/mol. The highest BCUT2D eigenvalue weighted by molar-refractivity contribution is 8.18. The molecule has 2 aromatic carbocycles. The number of halogens is 1. The predicted octanol–water partition coefficient (Wildman–Crippen LogP) is 5.77. The molecule has 8 heteroatoms. The SMILES string of the molecule is CCCN1C(=O)/C(=C/c2cc(OC)c(OC)cc2Cl)SC1=Nc1ccc(OCC)cc1. The third-order valence-corrected chi connectivity index (χ3v) is 5.83. The van der Waals surface area contributed by atoms with Crippen molar-refractivity contribution >= 4 is 46.2 Å². The van der Waals surface area contributed by atoms with Gasteiger partial charge in [-0.2, -0.15) is 0 Å². The Morgan fingerprint density at radius 2 is 1.77 bits per heavy atom. The average Bonchev–Trinajstić information content (AvgIpc) is 3.05. The highest BCUT2D eigenvalue weighted by Gasteiger charge is 2.33. The lowest BCUT2D eigenvalue weighted by atomic mass is 10.1. The van der Waals surface area contributed by atoms with Gasteiger partial charge in [-0.25, -0.2) is 4.99 Å². The van der Waals surface area contributed by atoms with Gasteiger partial charge in [-0.15, -0.1) is 0 Å². The van der Waals surface area contributed by atoms with Crippen LogP contribution < -0.4 is 14.2 Å². The fourth-order valence-electron chi connectivity index (χ4n) is 3.03. The molecule has 0 saturated carbocycles. The molecule has 0 radical (unpaired) electrons. The van der Waals surface area contributed by atoms with Crippen LogP contribution in [0.15, 0.2) is 46.3 Å². The van der Waals surface area contributed by atoms with E-state index in [4.69, 9.17) is 30.8 Å². The average molecular weight is 461 g/mol. The first-order valence-electron chi connectivity index (χ1n) is 9.95. The zero-order chi connectivity index (χ0) is 22.4. The van der Waals surface area contributed by atoms with Crippen LogP contribution >= 0.6 is 23.4 Å². The molecule has 0 N–H and O–H groups in total. The van der Waals surface area contributed by atoms with Gasteiger partial charge in [0.2, 0.25) is 0 Å². The summed E-state index contributed by atoms with van der Waals surface area (Å²) in [6.07, 6.45) is 2.58. The molecule has 1 aliphatic heterocycles. The molecule has 1 heterocycles. The van der Waals surface area contributed by atoms with E-state index < -0.39 is 0 Å². The number of carbonyl (C=O) groups is 1. The molecule has 2 aromatic rings. The van der Waals surface area contributed by atoms with Crippen molar-refractivity contribution in [3.63, 3.8) is 0 Å². The Morgan fingerprint density at radius 3 is 2.39 bits per heavy atom. The number of benzene rings is 2. The van der Waals surface area contributed by atoms with Crippen LogP contribution in [0.1, 0.15) is 25.8 Å². The molecule has 0 bridgehead atoms. The minimum Gasteiger partial charge on any atom is -0.494 e. The largest absolute Gasteiger partial charge is 0.494 e. The number of ether oxygens (including phenoxy) is 3. The molecular weight excluding hydrogens is 436 g/mol. The van der Waals surface area contributed by atoms with Crippen LogP contribution in [0.25, 0.3) is 6.08 Å². The van der Waals surface area contributed by atoms with E-state index in [9.17, 15) is 4.79 Å². The topological polar surface area (TPSA) is 60.4 Å². The maximum Gasteiger partial charge on any atom is 0.266 e. The van der Waals surface area contributed by atoms with E-state index in [0.29, 0.717) is 45.3 Å². The minimum absolute atomic E-state index is 0.0950. The molecular formula is C23H25ClN2O4S. The van der Waals surface area contributed by atoms with Gasteiger partial charge in [-0.1, -0.05) is 18.5 Å². The summed E-state index contributed by atoms with van der Waals surface area (Å²) in [5.74, 6) is 1.77. The van der Waals surface area contributed by atoms with Crippen molar-refractivity contribution in [2.75, 3.05) is 27.4 Å². The molecule has 1 amide bonds. The van der Waals surface area contributed by atoms with Crippen molar-refractivity contribution in [1.82, 2.24) is 4.90 Å². The summed E-state index contributed by atoms with van der Waals surface area (Å²) >= 11 is 7.74. The van der Waals surface area contributed by atoms with Gasteiger partial charge < -0.3 is 14.2 Å².